The van der Waals surface area contributed by atoms with Crippen molar-refractivity contribution in [1.82, 2.24) is 0 Å². The Labute approximate surface area is 114 Å². The molecule has 1 aliphatic carbocycles. The van der Waals surface area contributed by atoms with Gasteiger partial charge in [0.1, 0.15) is 5.75 Å². The summed E-state index contributed by atoms with van der Waals surface area (Å²) in [6.07, 6.45) is 0.787. The highest BCUT2D eigenvalue weighted by Crippen LogP contribution is 2.47. The normalized spacial score (nSPS) is 26.3. The van der Waals surface area contributed by atoms with Gasteiger partial charge < -0.3 is 14.6 Å². The maximum absolute atomic E-state index is 11.3. The minimum atomic E-state index is -0.952. The van der Waals surface area contributed by atoms with Crippen LogP contribution in [0.3, 0.4) is 0 Å². The summed E-state index contributed by atoms with van der Waals surface area (Å²) in [7, 11) is 2.94. The van der Waals surface area contributed by atoms with Crippen LogP contribution in [0.4, 0.5) is 0 Å². The fourth-order valence-corrected chi connectivity index (χ4v) is 2.68. The zero-order valence-corrected chi connectivity index (χ0v) is 11.9. The van der Waals surface area contributed by atoms with Crippen molar-refractivity contribution in [2.75, 3.05) is 14.2 Å². The average molecular weight is 315 g/mol. The Bertz CT molecular complexity index is 466. The van der Waals surface area contributed by atoms with Gasteiger partial charge in [-0.25, -0.2) is 0 Å². The first-order valence-corrected chi connectivity index (χ1v) is 6.43. The first kappa shape index (κ1) is 13.4. The number of carbonyl (C=O) groups is 1. The van der Waals surface area contributed by atoms with Gasteiger partial charge in [-0.15, -0.1) is 0 Å². The second kappa shape index (κ2) is 4.90. The Balaban J connectivity index is 2.16. The van der Waals surface area contributed by atoms with Crippen molar-refractivity contribution < 1.29 is 19.4 Å². The molecule has 1 fully saturated rings. The highest BCUT2D eigenvalue weighted by atomic mass is 79.9. The molecule has 18 heavy (non-hydrogen) atoms. The number of hydrogen-bond donors (Lipinski definition) is 1. The number of benzene rings is 1. The molecule has 98 valence electrons. The first-order valence-electron chi connectivity index (χ1n) is 5.64. The minimum Gasteiger partial charge on any atom is -0.496 e. The maximum atomic E-state index is 11.3. The highest BCUT2D eigenvalue weighted by molar-refractivity contribution is 9.10. The number of ether oxygens (including phenoxy) is 2. The zero-order valence-electron chi connectivity index (χ0n) is 10.3. The van der Waals surface area contributed by atoms with Crippen LogP contribution in [0.2, 0.25) is 0 Å². The van der Waals surface area contributed by atoms with E-state index in [1.165, 1.54) is 7.11 Å². The molecule has 0 heterocycles. The molecule has 1 aromatic rings. The molecule has 2 rings (SSSR count). The fraction of sp³-hybridized carbons (Fsp3) is 0.462. The Morgan fingerprint density at radius 1 is 1.44 bits per heavy atom. The van der Waals surface area contributed by atoms with Crippen molar-refractivity contribution in [1.29, 1.82) is 0 Å². The molecule has 0 unspecified atom stereocenters. The van der Waals surface area contributed by atoms with E-state index < -0.39 is 5.60 Å². The molecule has 0 radical (unpaired) electrons. The van der Waals surface area contributed by atoms with Gasteiger partial charge in [-0.05, 0) is 46.5 Å². The molecule has 4 nitrogen and oxygen atoms in total. The van der Waals surface area contributed by atoms with Crippen LogP contribution in [-0.4, -0.2) is 25.3 Å². The second-order valence-electron chi connectivity index (χ2n) is 4.51. The summed E-state index contributed by atoms with van der Waals surface area (Å²) in [4.78, 5) is 11.3. The average Bonchev–Trinajstić information content (AvgIpc) is 2.34. The molecule has 0 atom stereocenters. The molecular weight excluding hydrogens is 300 g/mol. The van der Waals surface area contributed by atoms with Gasteiger partial charge in [0.15, 0.2) is 0 Å². The van der Waals surface area contributed by atoms with Crippen molar-refractivity contribution in [2.45, 2.75) is 18.4 Å². The molecule has 0 aromatic heterocycles. The van der Waals surface area contributed by atoms with Crippen LogP contribution in [0.1, 0.15) is 18.4 Å². The van der Waals surface area contributed by atoms with E-state index in [4.69, 9.17) is 4.74 Å². The van der Waals surface area contributed by atoms with E-state index in [0.29, 0.717) is 18.6 Å². The van der Waals surface area contributed by atoms with Gasteiger partial charge in [0.05, 0.1) is 30.2 Å². The van der Waals surface area contributed by atoms with Crippen LogP contribution in [-0.2, 0) is 15.1 Å². The van der Waals surface area contributed by atoms with Crippen molar-refractivity contribution in [3.8, 4) is 5.75 Å². The predicted molar refractivity (Wildman–Crippen MR) is 69.3 cm³/mol. The van der Waals surface area contributed by atoms with Gasteiger partial charge in [0, 0.05) is 0 Å². The number of methoxy groups -OCH3 is 2. The second-order valence-corrected chi connectivity index (χ2v) is 5.36. The lowest BCUT2D eigenvalue weighted by Crippen LogP contribution is -2.44. The number of carbonyl (C=O) groups excluding carboxylic acids is 1. The van der Waals surface area contributed by atoms with E-state index in [1.54, 1.807) is 13.2 Å². The molecule has 0 spiro atoms. The van der Waals surface area contributed by atoms with E-state index in [2.05, 4.69) is 20.7 Å². The van der Waals surface area contributed by atoms with Gasteiger partial charge in [-0.3, -0.25) is 4.79 Å². The molecule has 0 amide bonds. The molecule has 1 aliphatic rings. The van der Waals surface area contributed by atoms with E-state index in [1.807, 2.05) is 12.1 Å². The number of rotatable bonds is 3. The summed E-state index contributed by atoms with van der Waals surface area (Å²) < 4.78 is 10.7. The molecular formula is C13H15BrO4. The van der Waals surface area contributed by atoms with Gasteiger partial charge in [0.2, 0.25) is 0 Å². The number of esters is 1. The van der Waals surface area contributed by atoms with E-state index in [-0.39, 0.29) is 11.9 Å². The van der Waals surface area contributed by atoms with Crippen molar-refractivity contribution in [3.63, 3.8) is 0 Å². The third-order valence-electron chi connectivity index (χ3n) is 3.39. The van der Waals surface area contributed by atoms with Gasteiger partial charge in [-0.1, -0.05) is 6.07 Å². The number of hydrogen-bond acceptors (Lipinski definition) is 4. The van der Waals surface area contributed by atoms with Gasteiger partial charge in [-0.2, -0.15) is 0 Å². The maximum Gasteiger partial charge on any atom is 0.308 e. The van der Waals surface area contributed by atoms with Crippen LogP contribution < -0.4 is 4.74 Å². The van der Waals surface area contributed by atoms with Crippen LogP contribution in [0.15, 0.2) is 22.7 Å². The molecule has 1 aromatic carbocycles. The van der Waals surface area contributed by atoms with Crippen LogP contribution in [0, 0.1) is 5.92 Å². The monoisotopic (exact) mass is 314 g/mol. The van der Waals surface area contributed by atoms with E-state index in [9.17, 15) is 9.90 Å². The zero-order chi connectivity index (χ0) is 13.3. The molecule has 0 aliphatic heterocycles. The van der Waals surface area contributed by atoms with E-state index >= 15 is 0 Å². The standard InChI is InChI=1S/C13H15BrO4/c1-17-11-5-9(3-4-10(11)14)13(16)6-8(7-13)12(15)18-2/h3-5,8,16H,6-7H2,1-2H3. The summed E-state index contributed by atoms with van der Waals surface area (Å²) in [6, 6.07) is 5.45. The molecule has 1 N–H and O–H groups in total. The van der Waals surface area contributed by atoms with Gasteiger partial charge >= 0.3 is 5.97 Å². The van der Waals surface area contributed by atoms with Crippen molar-refractivity contribution in [3.05, 3.63) is 28.2 Å². The fourth-order valence-electron chi connectivity index (χ4n) is 2.27. The lowest BCUT2D eigenvalue weighted by molar-refractivity contribution is -0.163. The lowest BCUT2D eigenvalue weighted by Gasteiger charge is -2.42. The molecule has 0 saturated heterocycles. The Morgan fingerprint density at radius 2 is 2.11 bits per heavy atom. The van der Waals surface area contributed by atoms with Crippen molar-refractivity contribution in [2.24, 2.45) is 5.92 Å². The summed E-state index contributed by atoms with van der Waals surface area (Å²) in [5.74, 6) is 0.195. The summed E-state index contributed by atoms with van der Waals surface area (Å²) >= 11 is 3.36. The molecule has 0 bridgehead atoms. The Morgan fingerprint density at radius 3 is 2.67 bits per heavy atom. The lowest BCUT2D eigenvalue weighted by atomic mass is 9.67. The predicted octanol–water partition coefficient (Wildman–Crippen LogP) is 2.23. The summed E-state index contributed by atoms with van der Waals surface area (Å²) in [5.41, 5.74) is -0.185. The SMILES string of the molecule is COC(=O)C1CC(O)(c2ccc(Br)c(OC)c2)C1. The summed E-state index contributed by atoms with van der Waals surface area (Å²) in [5, 5.41) is 10.4. The number of aliphatic hydroxyl groups is 1. The van der Waals surface area contributed by atoms with Crippen LogP contribution >= 0.6 is 15.9 Å². The minimum absolute atomic E-state index is 0.213. The Hall–Kier alpha value is -1.07. The third-order valence-corrected chi connectivity index (χ3v) is 4.05. The topological polar surface area (TPSA) is 55.8 Å². The molecule has 1 saturated carbocycles. The first-order chi connectivity index (χ1) is 8.50. The van der Waals surface area contributed by atoms with Gasteiger partial charge in [0.25, 0.3) is 0 Å². The smallest absolute Gasteiger partial charge is 0.308 e. The van der Waals surface area contributed by atoms with Crippen LogP contribution in [0.25, 0.3) is 0 Å². The van der Waals surface area contributed by atoms with Crippen LogP contribution in [0.5, 0.6) is 5.75 Å². The number of halogens is 1. The Kier molecular flexibility index (Phi) is 3.64. The third kappa shape index (κ3) is 2.24. The van der Waals surface area contributed by atoms with E-state index in [0.717, 1.165) is 10.0 Å². The van der Waals surface area contributed by atoms with Crippen molar-refractivity contribution >= 4 is 21.9 Å². The summed E-state index contributed by atoms with van der Waals surface area (Å²) in [6.45, 7) is 0. The molecule has 5 heteroatoms. The highest BCUT2D eigenvalue weighted by Gasteiger charge is 2.48. The quantitative estimate of drug-likeness (QED) is 0.869. The largest absolute Gasteiger partial charge is 0.496 e.